The van der Waals surface area contributed by atoms with Gasteiger partial charge in [-0.2, -0.15) is 0 Å². The summed E-state index contributed by atoms with van der Waals surface area (Å²) in [5.41, 5.74) is 0.734. The van der Waals surface area contributed by atoms with Crippen LogP contribution < -0.4 is 10.6 Å². The highest BCUT2D eigenvalue weighted by atomic mass is 35.5. The predicted octanol–water partition coefficient (Wildman–Crippen LogP) is 1.44. The fraction of sp³-hybridized carbons (Fsp3) is 0.467. The van der Waals surface area contributed by atoms with Crippen LogP contribution in [0, 0.1) is 5.92 Å². The van der Waals surface area contributed by atoms with E-state index in [2.05, 4.69) is 10.6 Å². The van der Waals surface area contributed by atoms with Crippen molar-refractivity contribution in [3.63, 3.8) is 0 Å². The second kappa shape index (κ2) is 8.64. The summed E-state index contributed by atoms with van der Waals surface area (Å²) >= 11 is 0. The van der Waals surface area contributed by atoms with Gasteiger partial charge in [0, 0.05) is 6.42 Å². The van der Waals surface area contributed by atoms with Crippen LogP contribution in [0.4, 0.5) is 0 Å². The van der Waals surface area contributed by atoms with Gasteiger partial charge in [-0.1, -0.05) is 30.3 Å². The zero-order valence-electron chi connectivity index (χ0n) is 12.0. The van der Waals surface area contributed by atoms with E-state index < -0.39 is 12.0 Å². The zero-order valence-corrected chi connectivity index (χ0v) is 12.8. The molecule has 1 amide bonds. The lowest BCUT2D eigenvalue weighted by Gasteiger charge is -2.18. The quantitative estimate of drug-likeness (QED) is 0.807. The topological polar surface area (TPSA) is 67.4 Å². The normalized spacial score (nSPS) is 18.4. The second-order valence-electron chi connectivity index (χ2n) is 5.00. The molecule has 116 valence electrons. The highest BCUT2D eigenvalue weighted by Gasteiger charge is 2.25. The van der Waals surface area contributed by atoms with Crippen LogP contribution in [-0.4, -0.2) is 32.1 Å². The van der Waals surface area contributed by atoms with Gasteiger partial charge in [-0.3, -0.25) is 4.79 Å². The van der Waals surface area contributed by atoms with E-state index in [0.717, 1.165) is 25.1 Å². The third kappa shape index (κ3) is 5.02. The van der Waals surface area contributed by atoms with E-state index in [1.54, 1.807) is 12.1 Å². The Hall–Kier alpha value is -1.59. The molecule has 1 heterocycles. The van der Waals surface area contributed by atoms with Crippen LogP contribution >= 0.6 is 12.4 Å². The van der Waals surface area contributed by atoms with Gasteiger partial charge in [0.1, 0.15) is 0 Å². The molecule has 1 aliphatic heterocycles. The van der Waals surface area contributed by atoms with Crippen molar-refractivity contribution in [2.45, 2.75) is 18.9 Å². The van der Waals surface area contributed by atoms with Crippen LogP contribution in [0.2, 0.25) is 0 Å². The molecule has 2 rings (SSSR count). The lowest BCUT2D eigenvalue weighted by molar-refractivity contribution is -0.145. The van der Waals surface area contributed by atoms with Gasteiger partial charge in [-0.05, 0) is 31.0 Å². The highest BCUT2D eigenvalue weighted by Crippen LogP contribution is 2.16. The first kappa shape index (κ1) is 17.5. The van der Waals surface area contributed by atoms with Crippen molar-refractivity contribution < 1.29 is 14.3 Å². The summed E-state index contributed by atoms with van der Waals surface area (Å²) in [7, 11) is 1.32. The van der Waals surface area contributed by atoms with E-state index in [4.69, 9.17) is 4.74 Å². The molecule has 2 N–H and O–H groups in total. The Kier molecular flexibility index (Phi) is 7.19. The molecule has 1 aromatic rings. The van der Waals surface area contributed by atoms with E-state index in [1.165, 1.54) is 7.11 Å². The first-order chi connectivity index (χ1) is 9.70. The average Bonchev–Trinajstić information content (AvgIpc) is 2.97. The molecule has 1 saturated heterocycles. The molecule has 0 bridgehead atoms. The largest absolute Gasteiger partial charge is 0.467 e. The predicted molar refractivity (Wildman–Crippen MR) is 82.2 cm³/mol. The molecule has 1 aliphatic rings. The van der Waals surface area contributed by atoms with Gasteiger partial charge in [-0.15, -0.1) is 12.4 Å². The number of esters is 1. The number of nitrogens with one attached hydrogen (secondary N) is 2. The summed E-state index contributed by atoms with van der Waals surface area (Å²) in [6.45, 7) is 1.82. The van der Waals surface area contributed by atoms with Crippen molar-refractivity contribution in [2.24, 2.45) is 5.92 Å². The second-order valence-corrected chi connectivity index (χ2v) is 5.00. The molecule has 0 radical (unpaired) electrons. The van der Waals surface area contributed by atoms with E-state index in [1.807, 2.05) is 18.2 Å². The summed E-state index contributed by atoms with van der Waals surface area (Å²) < 4.78 is 4.77. The third-order valence-corrected chi connectivity index (χ3v) is 3.51. The van der Waals surface area contributed by atoms with Crippen LogP contribution in [0.5, 0.6) is 0 Å². The lowest BCUT2D eigenvalue weighted by atomic mass is 10.0. The lowest BCUT2D eigenvalue weighted by Crippen LogP contribution is -2.35. The van der Waals surface area contributed by atoms with Gasteiger partial charge < -0.3 is 15.4 Å². The Morgan fingerprint density at radius 3 is 2.67 bits per heavy atom. The average molecular weight is 313 g/mol. The van der Waals surface area contributed by atoms with Crippen LogP contribution in [0.25, 0.3) is 0 Å². The number of hydrogen-bond acceptors (Lipinski definition) is 4. The molecule has 5 nitrogen and oxygen atoms in total. The Labute approximate surface area is 130 Å². The van der Waals surface area contributed by atoms with Gasteiger partial charge in [0.2, 0.25) is 5.91 Å². The van der Waals surface area contributed by atoms with Crippen molar-refractivity contribution in [3.05, 3.63) is 35.9 Å². The molecule has 0 spiro atoms. The Balaban J connectivity index is 0.00000220. The maximum absolute atomic E-state index is 12.1. The van der Waals surface area contributed by atoms with E-state index in [9.17, 15) is 9.59 Å². The Morgan fingerprint density at radius 1 is 1.38 bits per heavy atom. The number of methoxy groups -OCH3 is 1. The maximum Gasteiger partial charge on any atom is 0.333 e. The van der Waals surface area contributed by atoms with E-state index in [0.29, 0.717) is 12.3 Å². The number of amides is 1. The molecule has 21 heavy (non-hydrogen) atoms. The first-order valence-corrected chi connectivity index (χ1v) is 6.83. The number of carbonyl (C=O) groups excluding carboxylic acids is 2. The standard InChI is InChI=1S/C15H20N2O3.ClH/c1-20-15(19)14(12-5-3-2-4-6-12)17-13(18)9-11-7-8-16-10-11;/h2-6,11,14,16H,7-10H2,1H3,(H,17,18);1H. The molecule has 2 unspecified atom stereocenters. The summed E-state index contributed by atoms with van der Waals surface area (Å²) in [5.74, 6) is -0.212. The number of halogens is 1. The van der Waals surface area contributed by atoms with Crippen LogP contribution in [0.3, 0.4) is 0 Å². The van der Waals surface area contributed by atoms with Gasteiger partial charge in [0.15, 0.2) is 6.04 Å². The molecule has 2 atom stereocenters. The SMILES string of the molecule is COC(=O)C(NC(=O)CC1CCNC1)c1ccccc1.Cl. The Morgan fingerprint density at radius 2 is 2.10 bits per heavy atom. The van der Waals surface area contributed by atoms with Crippen molar-refractivity contribution in [1.82, 2.24) is 10.6 Å². The van der Waals surface area contributed by atoms with Crippen LogP contribution in [0.1, 0.15) is 24.4 Å². The summed E-state index contributed by atoms with van der Waals surface area (Å²) in [6, 6.07) is 8.40. The minimum absolute atomic E-state index is 0. The Bertz CT molecular complexity index is 461. The molecule has 0 saturated carbocycles. The molecule has 0 aromatic heterocycles. The molecular formula is C15H21ClN2O3. The molecule has 1 fully saturated rings. The monoisotopic (exact) mass is 312 g/mol. The minimum Gasteiger partial charge on any atom is -0.467 e. The fourth-order valence-corrected chi connectivity index (χ4v) is 2.41. The van der Waals surface area contributed by atoms with Crippen molar-refractivity contribution in [1.29, 1.82) is 0 Å². The van der Waals surface area contributed by atoms with E-state index in [-0.39, 0.29) is 18.3 Å². The molecule has 6 heteroatoms. The summed E-state index contributed by atoms with van der Waals surface area (Å²) in [4.78, 5) is 23.9. The van der Waals surface area contributed by atoms with Gasteiger partial charge in [0.25, 0.3) is 0 Å². The zero-order chi connectivity index (χ0) is 14.4. The summed E-state index contributed by atoms with van der Waals surface area (Å²) in [6.07, 6.45) is 1.44. The van der Waals surface area contributed by atoms with Gasteiger partial charge in [-0.25, -0.2) is 4.79 Å². The fourth-order valence-electron chi connectivity index (χ4n) is 2.41. The first-order valence-electron chi connectivity index (χ1n) is 6.83. The number of ether oxygens (including phenoxy) is 1. The highest BCUT2D eigenvalue weighted by molar-refractivity contribution is 5.86. The van der Waals surface area contributed by atoms with Gasteiger partial charge in [0.05, 0.1) is 7.11 Å². The van der Waals surface area contributed by atoms with Crippen LogP contribution in [-0.2, 0) is 14.3 Å². The molecule has 1 aromatic carbocycles. The number of rotatable bonds is 5. The van der Waals surface area contributed by atoms with Gasteiger partial charge >= 0.3 is 5.97 Å². The number of benzene rings is 1. The van der Waals surface area contributed by atoms with E-state index >= 15 is 0 Å². The van der Waals surface area contributed by atoms with Crippen molar-refractivity contribution in [2.75, 3.05) is 20.2 Å². The van der Waals surface area contributed by atoms with Crippen LogP contribution in [0.15, 0.2) is 30.3 Å². The summed E-state index contributed by atoms with van der Waals surface area (Å²) in [5, 5.41) is 5.99. The molecule has 0 aliphatic carbocycles. The number of carbonyl (C=O) groups is 2. The smallest absolute Gasteiger partial charge is 0.333 e. The molecular weight excluding hydrogens is 292 g/mol. The van der Waals surface area contributed by atoms with Crippen molar-refractivity contribution in [3.8, 4) is 0 Å². The minimum atomic E-state index is -0.733. The van der Waals surface area contributed by atoms with Crippen molar-refractivity contribution >= 4 is 24.3 Å². The number of hydrogen-bond donors (Lipinski definition) is 2. The maximum atomic E-state index is 12.1. The third-order valence-electron chi connectivity index (χ3n) is 3.51.